The van der Waals surface area contributed by atoms with Gasteiger partial charge in [-0.2, -0.15) is 0 Å². The molecule has 1 aliphatic rings. The monoisotopic (exact) mass is 303 g/mol. The van der Waals surface area contributed by atoms with E-state index in [-0.39, 0.29) is 11.8 Å². The SMILES string of the molecule is O=C(Nc1nnc(CCOc2ccccc2)s1)C1CCC1. The van der Waals surface area contributed by atoms with E-state index in [4.69, 9.17) is 4.74 Å². The summed E-state index contributed by atoms with van der Waals surface area (Å²) in [5.74, 6) is 1.09. The summed E-state index contributed by atoms with van der Waals surface area (Å²) in [7, 11) is 0. The molecule has 1 saturated carbocycles. The molecule has 1 aromatic heterocycles. The molecule has 0 radical (unpaired) electrons. The fraction of sp³-hybridized carbons (Fsp3) is 0.400. The van der Waals surface area contributed by atoms with Gasteiger partial charge in [0.1, 0.15) is 10.8 Å². The second-order valence-electron chi connectivity index (χ2n) is 5.03. The molecule has 0 spiro atoms. The van der Waals surface area contributed by atoms with Gasteiger partial charge in [-0.25, -0.2) is 0 Å². The number of aromatic nitrogens is 2. The molecule has 1 fully saturated rings. The lowest BCUT2D eigenvalue weighted by atomic mass is 9.85. The molecule has 1 N–H and O–H groups in total. The standard InChI is InChI=1S/C15H17N3O2S/c19-14(11-5-4-6-11)16-15-18-17-13(21-15)9-10-20-12-7-2-1-3-8-12/h1-3,7-8,11H,4-6,9-10H2,(H,16,18,19). The van der Waals surface area contributed by atoms with Crippen molar-refractivity contribution in [2.75, 3.05) is 11.9 Å². The topological polar surface area (TPSA) is 64.1 Å². The van der Waals surface area contributed by atoms with Crippen molar-refractivity contribution >= 4 is 22.4 Å². The van der Waals surface area contributed by atoms with E-state index in [9.17, 15) is 4.79 Å². The summed E-state index contributed by atoms with van der Waals surface area (Å²) < 4.78 is 5.62. The Labute approximate surface area is 127 Å². The van der Waals surface area contributed by atoms with Crippen LogP contribution < -0.4 is 10.1 Å². The zero-order chi connectivity index (χ0) is 14.5. The van der Waals surface area contributed by atoms with E-state index in [1.807, 2.05) is 30.3 Å². The maximum Gasteiger partial charge on any atom is 0.229 e. The first-order valence-corrected chi connectivity index (χ1v) is 7.94. The molecule has 6 heteroatoms. The van der Waals surface area contributed by atoms with E-state index in [1.165, 1.54) is 11.3 Å². The molecule has 0 saturated heterocycles. The third kappa shape index (κ3) is 3.78. The van der Waals surface area contributed by atoms with E-state index in [2.05, 4.69) is 15.5 Å². The predicted octanol–water partition coefficient (Wildman–Crippen LogP) is 2.90. The number of nitrogens with one attached hydrogen (secondary N) is 1. The number of para-hydroxylation sites is 1. The van der Waals surface area contributed by atoms with Crippen molar-refractivity contribution in [3.63, 3.8) is 0 Å². The molecule has 1 amide bonds. The van der Waals surface area contributed by atoms with E-state index in [0.29, 0.717) is 18.2 Å². The highest BCUT2D eigenvalue weighted by atomic mass is 32.1. The smallest absolute Gasteiger partial charge is 0.229 e. The van der Waals surface area contributed by atoms with Gasteiger partial charge in [-0.1, -0.05) is 36.0 Å². The van der Waals surface area contributed by atoms with Crippen LogP contribution in [0.1, 0.15) is 24.3 Å². The lowest BCUT2D eigenvalue weighted by Crippen LogP contribution is -2.27. The quantitative estimate of drug-likeness (QED) is 0.891. The molecule has 0 atom stereocenters. The van der Waals surface area contributed by atoms with Crippen LogP contribution in [0.25, 0.3) is 0 Å². The molecule has 3 rings (SSSR count). The number of ether oxygens (including phenoxy) is 1. The number of nitrogens with zero attached hydrogens (tertiary/aromatic N) is 2. The third-order valence-electron chi connectivity index (χ3n) is 3.50. The molecule has 21 heavy (non-hydrogen) atoms. The van der Waals surface area contributed by atoms with Gasteiger partial charge in [-0.3, -0.25) is 4.79 Å². The van der Waals surface area contributed by atoms with Crippen LogP contribution in [0, 0.1) is 5.92 Å². The van der Waals surface area contributed by atoms with Crippen LogP contribution in [-0.2, 0) is 11.2 Å². The number of hydrogen-bond acceptors (Lipinski definition) is 5. The maximum absolute atomic E-state index is 11.8. The van der Waals surface area contributed by atoms with E-state index >= 15 is 0 Å². The predicted molar refractivity (Wildman–Crippen MR) is 81.5 cm³/mol. The molecule has 0 unspecified atom stereocenters. The highest BCUT2D eigenvalue weighted by molar-refractivity contribution is 7.15. The summed E-state index contributed by atoms with van der Waals surface area (Å²) >= 11 is 1.41. The van der Waals surface area contributed by atoms with Crippen LogP contribution in [0.5, 0.6) is 5.75 Å². The average Bonchev–Trinajstić information content (AvgIpc) is 2.85. The van der Waals surface area contributed by atoms with Gasteiger partial charge in [0, 0.05) is 12.3 Å². The molecule has 1 aromatic carbocycles. The first-order chi connectivity index (χ1) is 10.3. The molecule has 1 heterocycles. The van der Waals surface area contributed by atoms with Crippen LogP contribution in [-0.4, -0.2) is 22.7 Å². The summed E-state index contributed by atoms with van der Waals surface area (Å²) in [5.41, 5.74) is 0. The summed E-state index contributed by atoms with van der Waals surface area (Å²) in [6, 6.07) is 9.67. The van der Waals surface area contributed by atoms with Gasteiger partial charge in [0.25, 0.3) is 0 Å². The Bertz CT molecular complexity index is 596. The summed E-state index contributed by atoms with van der Waals surface area (Å²) in [4.78, 5) is 11.8. The molecular formula is C15H17N3O2S. The van der Waals surface area contributed by atoms with Gasteiger partial charge >= 0.3 is 0 Å². The van der Waals surface area contributed by atoms with Gasteiger partial charge < -0.3 is 10.1 Å². The summed E-state index contributed by atoms with van der Waals surface area (Å²) in [6.07, 6.45) is 3.81. The van der Waals surface area contributed by atoms with Gasteiger partial charge in [-0.15, -0.1) is 10.2 Å². The zero-order valence-electron chi connectivity index (χ0n) is 11.6. The number of anilines is 1. The second-order valence-corrected chi connectivity index (χ2v) is 6.09. The maximum atomic E-state index is 11.8. The van der Waals surface area contributed by atoms with Crippen LogP contribution in [0.2, 0.25) is 0 Å². The normalized spacial score (nSPS) is 14.5. The number of amides is 1. The highest BCUT2D eigenvalue weighted by Crippen LogP contribution is 2.28. The Hall–Kier alpha value is -1.95. The number of benzene rings is 1. The Morgan fingerprint density at radius 1 is 1.29 bits per heavy atom. The molecule has 1 aliphatic carbocycles. The molecule has 0 bridgehead atoms. The number of rotatable bonds is 6. The second kappa shape index (κ2) is 6.67. The molecule has 2 aromatic rings. The minimum absolute atomic E-state index is 0.0736. The zero-order valence-corrected chi connectivity index (χ0v) is 12.4. The largest absolute Gasteiger partial charge is 0.493 e. The van der Waals surface area contributed by atoms with Crippen molar-refractivity contribution in [3.8, 4) is 5.75 Å². The number of hydrogen-bond donors (Lipinski definition) is 1. The molecule has 0 aliphatic heterocycles. The van der Waals surface area contributed by atoms with Crippen molar-refractivity contribution in [2.24, 2.45) is 5.92 Å². The van der Waals surface area contributed by atoms with Crippen LogP contribution in [0.4, 0.5) is 5.13 Å². The first kappa shape index (κ1) is 14.0. The molecule has 110 valence electrons. The number of carbonyl (C=O) groups is 1. The van der Waals surface area contributed by atoms with E-state index in [1.54, 1.807) is 0 Å². The van der Waals surface area contributed by atoms with Gasteiger partial charge in [0.2, 0.25) is 11.0 Å². The number of carbonyl (C=O) groups excluding carboxylic acids is 1. The van der Waals surface area contributed by atoms with E-state index in [0.717, 1.165) is 30.0 Å². The summed E-state index contributed by atoms with van der Waals surface area (Å²) in [5, 5.41) is 12.4. The Balaban J connectivity index is 1.45. The Kier molecular flexibility index (Phi) is 4.45. The van der Waals surface area contributed by atoms with Gasteiger partial charge in [0.15, 0.2) is 0 Å². The van der Waals surface area contributed by atoms with Crippen LogP contribution in [0.15, 0.2) is 30.3 Å². The van der Waals surface area contributed by atoms with Crippen molar-refractivity contribution < 1.29 is 9.53 Å². The Morgan fingerprint density at radius 3 is 2.81 bits per heavy atom. The van der Waals surface area contributed by atoms with Crippen molar-refractivity contribution in [1.29, 1.82) is 0 Å². The highest BCUT2D eigenvalue weighted by Gasteiger charge is 2.25. The third-order valence-corrected chi connectivity index (χ3v) is 4.40. The van der Waals surface area contributed by atoms with Crippen LogP contribution in [0.3, 0.4) is 0 Å². The fourth-order valence-corrected chi connectivity index (χ4v) is 2.78. The van der Waals surface area contributed by atoms with Gasteiger partial charge in [-0.05, 0) is 25.0 Å². The van der Waals surface area contributed by atoms with Gasteiger partial charge in [0.05, 0.1) is 6.61 Å². The van der Waals surface area contributed by atoms with Crippen molar-refractivity contribution in [3.05, 3.63) is 35.3 Å². The molecule has 5 nitrogen and oxygen atoms in total. The van der Waals surface area contributed by atoms with E-state index < -0.39 is 0 Å². The molecular weight excluding hydrogens is 286 g/mol. The van der Waals surface area contributed by atoms with Crippen molar-refractivity contribution in [1.82, 2.24) is 10.2 Å². The lowest BCUT2D eigenvalue weighted by Gasteiger charge is -2.23. The minimum Gasteiger partial charge on any atom is -0.493 e. The fourth-order valence-electron chi connectivity index (χ4n) is 2.06. The average molecular weight is 303 g/mol. The lowest BCUT2D eigenvalue weighted by molar-refractivity contribution is -0.122. The summed E-state index contributed by atoms with van der Waals surface area (Å²) in [6.45, 7) is 0.551. The van der Waals surface area contributed by atoms with Crippen LogP contribution >= 0.6 is 11.3 Å². The first-order valence-electron chi connectivity index (χ1n) is 7.12. The minimum atomic E-state index is 0.0736. The van der Waals surface area contributed by atoms with Crippen molar-refractivity contribution in [2.45, 2.75) is 25.7 Å². The Morgan fingerprint density at radius 2 is 2.10 bits per heavy atom.